The van der Waals surface area contributed by atoms with Crippen molar-refractivity contribution in [3.8, 4) is 0 Å². The first kappa shape index (κ1) is 13.5. The number of hydrogen-bond donors (Lipinski definition) is 1. The van der Waals surface area contributed by atoms with Crippen molar-refractivity contribution < 1.29 is 9.90 Å². The van der Waals surface area contributed by atoms with Crippen molar-refractivity contribution in [3.05, 3.63) is 0 Å². The van der Waals surface area contributed by atoms with E-state index in [0.29, 0.717) is 11.8 Å². The number of carboxylic acid groups (broad SMARTS) is 1. The van der Waals surface area contributed by atoms with E-state index in [4.69, 9.17) is 0 Å². The third kappa shape index (κ3) is 3.50. The van der Waals surface area contributed by atoms with Crippen molar-refractivity contribution in [2.75, 3.05) is 0 Å². The van der Waals surface area contributed by atoms with E-state index in [9.17, 15) is 9.90 Å². The molecule has 0 radical (unpaired) electrons. The molecule has 4 atom stereocenters. The van der Waals surface area contributed by atoms with Gasteiger partial charge in [0.25, 0.3) is 0 Å². The summed E-state index contributed by atoms with van der Waals surface area (Å²) in [5.41, 5.74) is 0. The maximum Gasteiger partial charge on any atom is 0.306 e. The molecule has 0 amide bonds. The highest BCUT2D eigenvalue weighted by Crippen LogP contribution is 2.39. The van der Waals surface area contributed by atoms with Crippen LogP contribution in [0.15, 0.2) is 0 Å². The van der Waals surface area contributed by atoms with E-state index >= 15 is 0 Å². The van der Waals surface area contributed by atoms with Crippen LogP contribution in [-0.2, 0) is 4.79 Å². The second kappa shape index (κ2) is 6.27. The Bertz CT molecular complexity index is 223. The fourth-order valence-corrected chi connectivity index (χ4v) is 3.00. The minimum absolute atomic E-state index is 0.0724. The van der Waals surface area contributed by atoms with Crippen molar-refractivity contribution in [2.45, 2.75) is 59.3 Å². The van der Waals surface area contributed by atoms with Gasteiger partial charge in [0.15, 0.2) is 0 Å². The second-order valence-electron chi connectivity index (χ2n) is 5.54. The smallest absolute Gasteiger partial charge is 0.306 e. The summed E-state index contributed by atoms with van der Waals surface area (Å²) >= 11 is 0. The molecule has 0 aromatic heterocycles. The Kier molecular flexibility index (Phi) is 5.30. The first-order valence-electron chi connectivity index (χ1n) is 6.81. The van der Waals surface area contributed by atoms with Gasteiger partial charge in [0.1, 0.15) is 0 Å². The Labute approximate surface area is 99.4 Å². The molecule has 2 nitrogen and oxygen atoms in total. The van der Waals surface area contributed by atoms with Crippen LogP contribution < -0.4 is 0 Å². The molecule has 0 spiro atoms. The highest BCUT2D eigenvalue weighted by Gasteiger charge is 2.34. The van der Waals surface area contributed by atoms with Crippen LogP contribution in [0, 0.1) is 23.7 Å². The van der Waals surface area contributed by atoms with E-state index in [1.807, 2.05) is 0 Å². The van der Waals surface area contributed by atoms with E-state index in [2.05, 4.69) is 20.8 Å². The summed E-state index contributed by atoms with van der Waals surface area (Å²) in [6.45, 7) is 6.67. The molecule has 0 aromatic rings. The number of carbonyl (C=O) groups is 1. The standard InChI is InChI=1S/C14H26O2/c1-4-10(3)8-12-9-11(5-2)6-7-13(12)14(15)16/h10-13H,4-9H2,1-3H3,(H,15,16). The molecule has 0 aromatic carbocycles. The third-order valence-corrected chi connectivity index (χ3v) is 4.39. The number of rotatable bonds is 5. The molecule has 1 N–H and O–H groups in total. The van der Waals surface area contributed by atoms with Crippen molar-refractivity contribution >= 4 is 5.97 Å². The predicted molar refractivity (Wildman–Crippen MR) is 66.3 cm³/mol. The normalized spacial score (nSPS) is 32.3. The minimum Gasteiger partial charge on any atom is -0.481 e. The molecule has 0 bridgehead atoms. The van der Waals surface area contributed by atoms with Crippen molar-refractivity contribution in [1.29, 1.82) is 0 Å². The lowest BCUT2D eigenvalue weighted by Crippen LogP contribution is -2.31. The summed E-state index contributed by atoms with van der Waals surface area (Å²) in [5.74, 6) is 1.22. The summed E-state index contributed by atoms with van der Waals surface area (Å²) in [4.78, 5) is 11.2. The van der Waals surface area contributed by atoms with Gasteiger partial charge in [-0.15, -0.1) is 0 Å². The van der Waals surface area contributed by atoms with Crippen LogP contribution in [-0.4, -0.2) is 11.1 Å². The van der Waals surface area contributed by atoms with Crippen LogP contribution in [0.5, 0.6) is 0 Å². The molecule has 0 saturated heterocycles. The van der Waals surface area contributed by atoms with E-state index in [0.717, 1.165) is 31.6 Å². The maximum absolute atomic E-state index is 11.2. The highest BCUT2D eigenvalue weighted by molar-refractivity contribution is 5.70. The molecule has 1 aliphatic carbocycles. The van der Waals surface area contributed by atoms with Crippen LogP contribution in [0.1, 0.15) is 59.3 Å². The van der Waals surface area contributed by atoms with Crippen LogP contribution >= 0.6 is 0 Å². The van der Waals surface area contributed by atoms with E-state index in [1.165, 1.54) is 12.8 Å². The molecule has 1 fully saturated rings. The lowest BCUT2D eigenvalue weighted by Gasteiger charge is -2.35. The van der Waals surface area contributed by atoms with Gasteiger partial charge in [-0.2, -0.15) is 0 Å². The Morgan fingerprint density at radius 1 is 1.38 bits per heavy atom. The van der Waals surface area contributed by atoms with Crippen molar-refractivity contribution in [2.24, 2.45) is 23.7 Å². The molecular weight excluding hydrogens is 200 g/mol. The van der Waals surface area contributed by atoms with Crippen LogP contribution in [0.2, 0.25) is 0 Å². The number of hydrogen-bond acceptors (Lipinski definition) is 1. The van der Waals surface area contributed by atoms with Crippen LogP contribution in [0.25, 0.3) is 0 Å². The zero-order valence-corrected chi connectivity index (χ0v) is 10.9. The lowest BCUT2D eigenvalue weighted by molar-refractivity contribution is -0.145. The van der Waals surface area contributed by atoms with Gasteiger partial charge in [-0.25, -0.2) is 0 Å². The predicted octanol–water partition coefficient (Wildman–Crippen LogP) is 3.95. The zero-order chi connectivity index (χ0) is 12.1. The molecule has 1 saturated carbocycles. The molecule has 94 valence electrons. The Hall–Kier alpha value is -0.530. The number of aliphatic carboxylic acids is 1. The Balaban J connectivity index is 2.60. The molecule has 16 heavy (non-hydrogen) atoms. The average Bonchev–Trinajstić information content (AvgIpc) is 2.28. The summed E-state index contributed by atoms with van der Waals surface area (Å²) in [6.07, 6.45) is 6.63. The maximum atomic E-state index is 11.2. The van der Waals surface area contributed by atoms with Crippen LogP contribution in [0.3, 0.4) is 0 Å². The van der Waals surface area contributed by atoms with E-state index < -0.39 is 5.97 Å². The van der Waals surface area contributed by atoms with Gasteiger partial charge in [0.2, 0.25) is 0 Å². The molecule has 2 heteroatoms. The zero-order valence-electron chi connectivity index (χ0n) is 10.9. The molecular formula is C14H26O2. The lowest BCUT2D eigenvalue weighted by atomic mass is 9.70. The fourth-order valence-electron chi connectivity index (χ4n) is 3.00. The third-order valence-electron chi connectivity index (χ3n) is 4.39. The van der Waals surface area contributed by atoms with Crippen LogP contribution in [0.4, 0.5) is 0 Å². The summed E-state index contributed by atoms with van der Waals surface area (Å²) < 4.78 is 0. The first-order valence-corrected chi connectivity index (χ1v) is 6.81. The monoisotopic (exact) mass is 226 g/mol. The average molecular weight is 226 g/mol. The Morgan fingerprint density at radius 3 is 2.56 bits per heavy atom. The van der Waals surface area contributed by atoms with Gasteiger partial charge in [0.05, 0.1) is 5.92 Å². The summed E-state index contributed by atoms with van der Waals surface area (Å²) in [5, 5.41) is 9.25. The fraction of sp³-hybridized carbons (Fsp3) is 0.929. The molecule has 1 aliphatic rings. The van der Waals surface area contributed by atoms with Crippen molar-refractivity contribution in [3.63, 3.8) is 0 Å². The van der Waals surface area contributed by atoms with E-state index in [-0.39, 0.29) is 5.92 Å². The van der Waals surface area contributed by atoms with Gasteiger partial charge >= 0.3 is 5.97 Å². The van der Waals surface area contributed by atoms with Gasteiger partial charge in [-0.05, 0) is 43.4 Å². The summed E-state index contributed by atoms with van der Waals surface area (Å²) in [6, 6.07) is 0. The highest BCUT2D eigenvalue weighted by atomic mass is 16.4. The van der Waals surface area contributed by atoms with E-state index in [1.54, 1.807) is 0 Å². The molecule has 1 rings (SSSR count). The molecule has 4 unspecified atom stereocenters. The van der Waals surface area contributed by atoms with Crippen molar-refractivity contribution in [1.82, 2.24) is 0 Å². The molecule has 0 aliphatic heterocycles. The first-order chi connectivity index (χ1) is 7.58. The van der Waals surface area contributed by atoms with Gasteiger partial charge in [-0.3, -0.25) is 4.79 Å². The largest absolute Gasteiger partial charge is 0.481 e. The number of carboxylic acids is 1. The Morgan fingerprint density at radius 2 is 2.06 bits per heavy atom. The van der Waals surface area contributed by atoms with Gasteiger partial charge in [0, 0.05) is 0 Å². The second-order valence-corrected chi connectivity index (χ2v) is 5.54. The van der Waals surface area contributed by atoms with Gasteiger partial charge in [-0.1, -0.05) is 33.6 Å². The quantitative estimate of drug-likeness (QED) is 0.770. The minimum atomic E-state index is -0.567. The molecule has 0 heterocycles. The topological polar surface area (TPSA) is 37.3 Å². The van der Waals surface area contributed by atoms with Gasteiger partial charge < -0.3 is 5.11 Å². The summed E-state index contributed by atoms with van der Waals surface area (Å²) in [7, 11) is 0. The SMILES string of the molecule is CCC(C)CC1CC(CC)CCC1C(=O)O.